The zero-order valence-corrected chi connectivity index (χ0v) is 8.58. The van der Waals surface area contributed by atoms with Gasteiger partial charge in [-0.15, -0.1) is 12.6 Å². The van der Waals surface area contributed by atoms with Crippen molar-refractivity contribution >= 4 is 30.4 Å². The Balaban J connectivity index is 3.54. The molecule has 0 aromatic heterocycles. The van der Waals surface area contributed by atoms with Crippen LogP contribution in [0.3, 0.4) is 0 Å². The number of hydrogen-bond donors (Lipinski definition) is 1. The minimum absolute atomic E-state index is 0.152. The highest BCUT2D eigenvalue weighted by atomic mass is 32.2. The third-order valence-electron chi connectivity index (χ3n) is 1.41. The maximum Gasteiger partial charge on any atom is 0.307 e. The second-order valence-electron chi connectivity index (χ2n) is 2.12. The molecule has 0 bridgehead atoms. The van der Waals surface area contributed by atoms with Crippen LogP contribution in [-0.4, -0.2) is 23.4 Å². The molecule has 0 N–H and O–H groups in total. The summed E-state index contributed by atoms with van der Waals surface area (Å²) in [6.45, 7) is 2.06. The minimum atomic E-state index is -0.152. The average Bonchev–Trinajstić information content (AvgIpc) is 2.01. The van der Waals surface area contributed by atoms with Crippen LogP contribution < -0.4 is 0 Å². The van der Waals surface area contributed by atoms with Gasteiger partial charge in [0.25, 0.3) is 0 Å². The predicted octanol–water partition coefficient (Wildman–Crippen LogP) is 1.95. The molecule has 0 aliphatic rings. The Morgan fingerprint density at radius 2 is 2.36 bits per heavy atom. The van der Waals surface area contributed by atoms with Crippen molar-refractivity contribution in [1.82, 2.24) is 0 Å². The van der Waals surface area contributed by atoms with Gasteiger partial charge >= 0.3 is 5.97 Å². The molecule has 0 spiro atoms. The largest absolute Gasteiger partial charge is 0.455 e. The number of carbonyl (C=O) groups is 1. The monoisotopic (exact) mass is 194 g/mol. The zero-order valence-electron chi connectivity index (χ0n) is 6.87. The van der Waals surface area contributed by atoms with Gasteiger partial charge in [0.2, 0.25) is 0 Å². The summed E-state index contributed by atoms with van der Waals surface area (Å²) in [6.07, 6.45) is 3.50. The molecule has 11 heavy (non-hydrogen) atoms. The van der Waals surface area contributed by atoms with Gasteiger partial charge in [-0.25, -0.2) is 0 Å². The van der Waals surface area contributed by atoms with Crippen molar-refractivity contribution in [1.29, 1.82) is 0 Å². The molecule has 1 unspecified atom stereocenters. The van der Waals surface area contributed by atoms with Gasteiger partial charge in [0.15, 0.2) is 0 Å². The molecule has 0 heterocycles. The first-order chi connectivity index (χ1) is 5.24. The molecule has 0 saturated carbocycles. The van der Waals surface area contributed by atoms with E-state index in [9.17, 15) is 4.79 Å². The van der Waals surface area contributed by atoms with Gasteiger partial charge in [-0.1, -0.05) is 6.92 Å². The van der Waals surface area contributed by atoms with Crippen LogP contribution in [0.25, 0.3) is 0 Å². The van der Waals surface area contributed by atoms with Crippen molar-refractivity contribution in [3.8, 4) is 0 Å². The highest BCUT2D eigenvalue weighted by molar-refractivity contribution is 7.99. The van der Waals surface area contributed by atoms with Crippen LogP contribution in [-0.2, 0) is 9.53 Å². The summed E-state index contributed by atoms with van der Waals surface area (Å²) in [5.74, 6) is 0.0325. The van der Waals surface area contributed by atoms with E-state index in [2.05, 4.69) is 24.3 Å². The van der Waals surface area contributed by atoms with Crippen molar-refractivity contribution in [3.05, 3.63) is 0 Å². The normalized spacial score (nSPS) is 12.6. The molecule has 1 atom stereocenters. The molecule has 0 aromatic carbocycles. The molecule has 66 valence electrons. The first kappa shape index (κ1) is 11.2. The van der Waals surface area contributed by atoms with Gasteiger partial charge in [-0.2, -0.15) is 11.8 Å². The summed E-state index contributed by atoms with van der Waals surface area (Å²) >= 11 is 5.49. The standard InChI is InChI=1S/C7H14O2S2/c1-3-6(11-2)4-7(8)9-5-10/h6,10H,3-5H2,1-2H3. The van der Waals surface area contributed by atoms with E-state index in [1.165, 1.54) is 0 Å². The van der Waals surface area contributed by atoms with E-state index in [1.54, 1.807) is 11.8 Å². The SMILES string of the molecule is CCC(CC(=O)OCS)SC. The maximum atomic E-state index is 10.9. The average molecular weight is 194 g/mol. The number of thioether (sulfide) groups is 1. The summed E-state index contributed by atoms with van der Waals surface area (Å²) in [6, 6.07) is 0. The molecular weight excluding hydrogens is 180 g/mol. The summed E-state index contributed by atoms with van der Waals surface area (Å²) in [7, 11) is 0. The summed E-state index contributed by atoms with van der Waals surface area (Å²) in [5.41, 5.74) is 0. The highest BCUT2D eigenvalue weighted by Crippen LogP contribution is 2.14. The van der Waals surface area contributed by atoms with Crippen molar-refractivity contribution in [3.63, 3.8) is 0 Å². The molecule has 0 rings (SSSR count). The molecule has 0 aromatic rings. The first-order valence-electron chi connectivity index (χ1n) is 3.53. The van der Waals surface area contributed by atoms with Gasteiger partial charge in [-0.05, 0) is 12.7 Å². The molecule has 0 aliphatic carbocycles. The summed E-state index contributed by atoms with van der Waals surface area (Å²) in [4.78, 5) is 10.9. The van der Waals surface area contributed by atoms with Crippen LogP contribution in [0.15, 0.2) is 0 Å². The molecule has 4 heteroatoms. The first-order valence-corrected chi connectivity index (χ1v) is 5.45. The fraction of sp³-hybridized carbons (Fsp3) is 0.857. The molecule has 2 nitrogen and oxygen atoms in total. The van der Waals surface area contributed by atoms with Gasteiger partial charge in [0.05, 0.1) is 6.42 Å². The third kappa shape index (κ3) is 5.44. The van der Waals surface area contributed by atoms with Crippen molar-refractivity contribution in [2.45, 2.75) is 25.0 Å². The summed E-state index contributed by atoms with van der Waals surface area (Å²) < 4.78 is 4.69. The third-order valence-corrected chi connectivity index (χ3v) is 2.70. The fourth-order valence-corrected chi connectivity index (χ4v) is 1.49. The Kier molecular flexibility index (Phi) is 6.96. The lowest BCUT2D eigenvalue weighted by Gasteiger charge is -2.09. The van der Waals surface area contributed by atoms with E-state index in [0.717, 1.165) is 6.42 Å². The van der Waals surface area contributed by atoms with E-state index in [4.69, 9.17) is 0 Å². The van der Waals surface area contributed by atoms with Gasteiger partial charge in [-0.3, -0.25) is 4.79 Å². The maximum absolute atomic E-state index is 10.9. The minimum Gasteiger partial charge on any atom is -0.455 e. The van der Waals surface area contributed by atoms with E-state index in [-0.39, 0.29) is 11.9 Å². The lowest BCUT2D eigenvalue weighted by molar-refractivity contribution is -0.141. The fourth-order valence-electron chi connectivity index (χ4n) is 0.711. The van der Waals surface area contributed by atoms with E-state index < -0.39 is 0 Å². The van der Waals surface area contributed by atoms with Crippen LogP contribution in [0, 0.1) is 0 Å². The number of hydrogen-bond acceptors (Lipinski definition) is 4. The van der Waals surface area contributed by atoms with Gasteiger partial charge < -0.3 is 4.74 Å². The number of carbonyl (C=O) groups excluding carboxylic acids is 1. The number of esters is 1. The topological polar surface area (TPSA) is 26.3 Å². The predicted molar refractivity (Wildman–Crippen MR) is 52.2 cm³/mol. The zero-order chi connectivity index (χ0) is 8.69. The molecule has 0 aliphatic heterocycles. The van der Waals surface area contributed by atoms with Crippen molar-refractivity contribution in [2.24, 2.45) is 0 Å². The quantitative estimate of drug-likeness (QED) is 0.411. The lowest BCUT2D eigenvalue weighted by atomic mass is 10.2. The second kappa shape index (κ2) is 6.85. The number of rotatable bonds is 5. The Labute approximate surface area is 77.5 Å². The van der Waals surface area contributed by atoms with Crippen LogP contribution in [0.2, 0.25) is 0 Å². The molecule has 0 fully saturated rings. The van der Waals surface area contributed by atoms with Crippen LogP contribution in [0.1, 0.15) is 19.8 Å². The van der Waals surface area contributed by atoms with Crippen LogP contribution in [0.4, 0.5) is 0 Å². The summed E-state index contributed by atoms with van der Waals surface area (Å²) in [5, 5.41) is 0.391. The van der Waals surface area contributed by atoms with E-state index in [1.807, 2.05) is 6.26 Å². The van der Waals surface area contributed by atoms with Crippen molar-refractivity contribution in [2.75, 3.05) is 12.2 Å². The van der Waals surface area contributed by atoms with Crippen LogP contribution >= 0.6 is 24.4 Å². The molecular formula is C7H14O2S2. The Morgan fingerprint density at radius 1 is 1.73 bits per heavy atom. The van der Waals surface area contributed by atoms with E-state index >= 15 is 0 Å². The second-order valence-corrected chi connectivity index (χ2v) is 3.51. The Morgan fingerprint density at radius 3 is 2.73 bits per heavy atom. The Hall–Kier alpha value is 0.170. The van der Waals surface area contributed by atoms with E-state index in [0.29, 0.717) is 11.7 Å². The Bertz CT molecular complexity index is 113. The number of thiol groups is 1. The molecule has 0 amide bonds. The molecule has 0 radical (unpaired) electrons. The van der Waals surface area contributed by atoms with Crippen LogP contribution in [0.5, 0.6) is 0 Å². The molecule has 0 saturated heterocycles. The van der Waals surface area contributed by atoms with Gasteiger partial charge in [0.1, 0.15) is 5.94 Å². The van der Waals surface area contributed by atoms with Crippen molar-refractivity contribution < 1.29 is 9.53 Å². The van der Waals surface area contributed by atoms with Gasteiger partial charge in [0, 0.05) is 5.25 Å². The lowest BCUT2D eigenvalue weighted by Crippen LogP contribution is -2.11. The highest BCUT2D eigenvalue weighted by Gasteiger charge is 2.10. The number of ether oxygens (including phenoxy) is 1. The smallest absolute Gasteiger partial charge is 0.307 e.